The predicted octanol–water partition coefficient (Wildman–Crippen LogP) is 4.13. The van der Waals surface area contributed by atoms with Crippen molar-refractivity contribution in [2.45, 2.75) is 19.1 Å². The van der Waals surface area contributed by atoms with Gasteiger partial charge in [0, 0.05) is 55.9 Å². The standard InChI is InChI=1S/C15H19BrF3N5S.HI/c1-20-14(24(3)8-11-6-10(16)7-23(11)2)21-5-4-13-22-12(9-25-13)15(17,18)19;/h6-7,9H,4-5,8H2,1-3H3,(H,20,21);1H. The number of thiazole rings is 1. The number of aliphatic imine (C=N–C) groups is 1. The summed E-state index contributed by atoms with van der Waals surface area (Å²) in [5, 5.41) is 4.65. The van der Waals surface area contributed by atoms with Gasteiger partial charge in [-0.1, -0.05) is 0 Å². The number of nitrogens with one attached hydrogen (secondary N) is 1. The normalized spacial score (nSPS) is 12.0. The monoisotopic (exact) mass is 565 g/mol. The summed E-state index contributed by atoms with van der Waals surface area (Å²) in [6, 6.07) is 2.03. The number of rotatable bonds is 5. The third-order valence-corrected chi connectivity index (χ3v) is 4.85. The minimum atomic E-state index is -4.39. The van der Waals surface area contributed by atoms with Gasteiger partial charge in [0.2, 0.25) is 0 Å². The number of nitrogens with zero attached hydrogens (tertiary/aromatic N) is 4. The first-order valence-corrected chi connectivity index (χ1v) is 9.12. The first kappa shape index (κ1) is 23.2. The molecule has 1 N–H and O–H groups in total. The molecule has 0 unspecified atom stereocenters. The minimum absolute atomic E-state index is 0. The summed E-state index contributed by atoms with van der Waals surface area (Å²) in [4.78, 5) is 9.78. The van der Waals surface area contributed by atoms with Gasteiger partial charge in [0.25, 0.3) is 0 Å². The number of guanidine groups is 1. The van der Waals surface area contributed by atoms with E-state index in [2.05, 4.69) is 31.2 Å². The van der Waals surface area contributed by atoms with Crippen LogP contribution in [0.5, 0.6) is 0 Å². The number of alkyl halides is 3. The number of hydrogen-bond donors (Lipinski definition) is 1. The van der Waals surface area contributed by atoms with Crippen LogP contribution in [0.25, 0.3) is 0 Å². The molecule has 146 valence electrons. The Hall–Kier alpha value is -0.820. The predicted molar refractivity (Wildman–Crippen MR) is 112 cm³/mol. The Morgan fingerprint density at radius 2 is 2.15 bits per heavy atom. The maximum atomic E-state index is 12.6. The Morgan fingerprint density at radius 1 is 1.46 bits per heavy atom. The minimum Gasteiger partial charge on any atom is -0.356 e. The van der Waals surface area contributed by atoms with E-state index >= 15 is 0 Å². The van der Waals surface area contributed by atoms with Crippen LogP contribution >= 0.6 is 51.2 Å². The molecule has 0 radical (unpaired) electrons. The van der Waals surface area contributed by atoms with Crippen LogP contribution in [0, 0.1) is 0 Å². The van der Waals surface area contributed by atoms with E-state index in [4.69, 9.17) is 0 Å². The molecule has 0 aliphatic rings. The molecule has 0 fully saturated rings. The zero-order valence-corrected chi connectivity index (χ0v) is 19.2. The van der Waals surface area contributed by atoms with E-state index in [1.165, 1.54) is 0 Å². The molecule has 0 saturated carbocycles. The van der Waals surface area contributed by atoms with Crippen molar-refractivity contribution in [3.8, 4) is 0 Å². The molecule has 2 aromatic rings. The maximum absolute atomic E-state index is 12.6. The van der Waals surface area contributed by atoms with Crippen LogP contribution < -0.4 is 5.32 Å². The smallest absolute Gasteiger partial charge is 0.356 e. The summed E-state index contributed by atoms with van der Waals surface area (Å²) in [5.41, 5.74) is 0.273. The summed E-state index contributed by atoms with van der Waals surface area (Å²) in [5.74, 6) is 0.671. The van der Waals surface area contributed by atoms with Crippen molar-refractivity contribution in [1.82, 2.24) is 19.8 Å². The molecule has 0 aliphatic heterocycles. The van der Waals surface area contributed by atoms with E-state index in [-0.39, 0.29) is 24.0 Å². The molecule has 2 rings (SSSR count). The Balaban J connectivity index is 0.00000338. The Morgan fingerprint density at radius 3 is 2.65 bits per heavy atom. The van der Waals surface area contributed by atoms with Gasteiger partial charge in [-0.05, 0) is 22.0 Å². The van der Waals surface area contributed by atoms with Gasteiger partial charge in [0.1, 0.15) is 0 Å². The third-order valence-electron chi connectivity index (χ3n) is 3.51. The highest BCUT2D eigenvalue weighted by molar-refractivity contribution is 14.0. The molecule has 0 aliphatic carbocycles. The molecular formula is C15H20BrF3IN5S. The lowest BCUT2D eigenvalue weighted by Crippen LogP contribution is -2.39. The van der Waals surface area contributed by atoms with Crippen LogP contribution in [0.4, 0.5) is 13.2 Å². The largest absolute Gasteiger partial charge is 0.434 e. The molecule has 0 amide bonds. The molecule has 0 spiro atoms. The van der Waals surface area contributed by atoms with E-state index in [1.54, 1.807) is 7.05 Å². The highest BCUT2D eigenvalue weighted by atomic mass is 127. The van der Waals surface area contributed by atoms with Crippen LogP contribution in [0.2, 0.25) is 0 Å². The molecular weight excluding hydrogens is 546 g/mol. The Labute approximate surface area is 179 Å². The fourth-order valence-electron chi connectivity index (χ4n) is 2.26. The van der Waals surface area contributed by atoms with Crippen molar-refractivity contribution in [2.75, 3.05) is 20.6 Å². The van der Waals surface area contributed by atoms with Gasteiger partial charge in [0.15, 0.2) is 11.7 Å². The summed E-state index contributed by atoms with van der Waals surface area (Å²) in [7, 11) is 5.54. The summed E-state index contributed by atoms with van der Waals surface area (Å²) < 4.78 is 40.7. The van der Waals surface area contributed by atoms with Crippen molar-refractivity contribution in [3.05, 3.63) is 38.5 Å². The molecule has 0 aromatic carbocycles. The van der Waals surface area contributed by atoms with E-state index < -0.39 is 11.9 Å². The first-order chi connectivity index (χ1) is 11.7. The van der Waals surface area contributed by atoms with Crippen molar-refractivity contribution < 1.29 is 13.2 Å². The van der Waals surface area contributed by atoms with Gasteiger partial charge in [-0.2, -0.15) is 13.2 Å². The second kappa shape index (κ2) is 9.93. The van der Waals surface area contributed by atoms with Crippen molar-refractivity contribution in [2.24, 2.45) is 12.0 Å². The quantitative estimate of drug-likeness (QED) is 0.337. The van der Waals surface area contributed by atoms with Gasteiger partial charge in [0.05, 0.1) is 11.6 Å². The fourth-order valence-corrected chi connectivity index (χ4v) is 3.64. The first-order valence-electron chi connectivity index (χ1n) is 7.45. The van der Waals surface area contributed by atoms with Gasteiger partial charge < -0.3 is 14.8 Å². The van der Waals surface area contributed by atoms with Crippen LogP contribution in [0.15, 0.2) is 27.1 Å². The Bertz CT molecular complexity index is 744. The van der Waals surface area contributed by atoms with E-state index in [1.807, 2.05) is 35.8 Å². The van der Waals surface area contributed by atoms with Gasteiger partial charge in [-0.15, -0.1) is 35.3 Å². The van der Waals surface area contributed by atoms with Crippen LogP contribution in [0.1, 0.15) is 16.4 Å². The molecule has 2 aromatic heterocycles. The lowest BCUT2D eigenvalue weighted by Gasteiger charge is -2.22. The van der Waals surface area contributed by atoms with Gasteiger partial charge in [-0.25, -0.2) is 4.98 Å². The fraction of sp³-hybridized carbons (Fsp3) is 0.467. The maximum Gasteiger partial charge on any atom is 0.434 e. The molecule has 11 heteroatoms. The average molecular weight is 566 g/mol. The topological polar surface area (TPSA) is 45.5 Å². The Kier molecular flexibility index (Phi) is 8.86. The third kappa shape index (κ3) is 6.41. The lowest BCUT2D eigenvalue weighted by atomic mass is 10.4. The second-order valence-corrected chi connectivity index (χ2v) is 7.32. The molecule has 5 nitrogen and oxygen atoms in total. The number of hydrogen-bond acceptors (Lipinski definition) is 3. The van der Waals surface area contributed by atoms with Gasteiger partial charge in [-0.3, -0.25) is 4.99 Å². The summed E-state index contributed by atoms with van der Waals surface area (Å²) >= 11 is 4.46. The molecule has 0 atom stereocenters. The van der Waals surface area contributed by atoms with Crippen LogP contribution in [-0.4, -0.2) is 41.1 Å². The second-order valence-electron chi connectivity index (χ2n) is 5.46. The van der Waals surface area contributed by atoms with Crippen molar-refractivity contribution in [1.29, 1.82) is 0 Å². The molecule has 2 heterocycles. The number of aromatic nitrogens is 2. The molecule has 0 saturated heterocycles. The summed E-state index contributed by atoms with van der Waals surface area (Å²) in [6.07, 6.45) is -2.01. The van der Waals surface area contributed by atoms with Gasteiger partial charge >= 0.3 is 6.18 Å². The van der Waals surface area contributed by atoms with Crippen molar-refractivity contribution >= 4 is 57.2 Å². The number of halogens is 5. The molecule has 26 heavy (non-hydrogen) atoms. The van der Waals surface area contributed by atoms with Crippen LogP contribution in [0.3, 0.4) is 0 Å². The zero-order chi connectivity index (χ0) is 18.6. The SMILES string of the molecule is CN=C(NCCc1nc(C(F)(F)F)cs1)N(C)Cc1cc(Br)cn1C.I. The zero-order valence-electron chi connectivity index (χ0n) is 14.5. The van der Waals surface area contributed by atoms with E-state index in [0.29, 0.717) is 30.5 Å². The molecule has 0 bridgehead atoms. The number of aryl methyl sites for hydroxylation is 1. The average Bonchev–Trinajstić information content (AvgIpc) is 3.10. The lowest BCUT2D eigenvalue weighted by molar-refractivity contribution is -0.140. The van der Waals surface area contributed by atoms with Crippen LogP contribution in [-0.2, 0) is 26.2 Å². The summed E-state index contributed by atoms with van der Waals surface area (Å²) in [6.45, 7) is 1.11. The van der Waals surface area contributed by atoms with E-state index in [0.717, 1.165) is 26.9 Å². The highest BCUT2D eigenvalue weighted by Crippen LogP contribution is 2.30. The van der Waals surface area contributed by atoms with Crippen molar-refractivity contribution in [3.63, 3.8) is 0 Å². The highest BCUT2D eigenvalue weighted by Gasteiger charge is 2.33. The van der Waals surface area contributed by atoms with E-state index in [9.17, 15) is 13.2 Å².